The van der Waals surface area contributed by atoms with Gasteiger partial charge in [-0.25, -0.2) is 0 Å². The van der Waals surface area contributed by atoms with Crippen molar-refractivity contribution in [2.75, 3.05) is 0 Å². The predicted molar refractivity (Wildman–Crippen MR) is 69.4 cm³/mol. The van der Waals surface area contributed by atoms with Crippen molar-refractivity contribution in [3.63, 3.8) is 0 Å². The molecule has 0 saturated heterocycles. The van der Waals surface area contributed by atoms with Crippen LogP contribution in [0.5, 0.6) is 0 Å². The Morgan fingerprint density at radius 2 is 1.88 bits per heavy atom. The van der Waals surface area contributed by atoms with Crippen LogP contribution >= 0.6 is 0 Å². The van der Waals surface area contributed by atoms with E-state index in [1.54, 1.807) is 6.20 Å². The highest BCUT2D eigenvalue weighted by atomic mass is 15.1. The van der Waals surface area contributed by atoms with E-state index < -0.39 is 0 Å². The van der Waals surface area contributed by atoms with Crippen molar-refractivity contribution in [3.05, 3.63) is 54.2 Å². The quantitative estimate of drug-likeness (QED) is 0.701. The molecule has 0 radical (unpaired) electrons. The van der Waals surface area contributed by atoms with Gasteiger partial charge >= 0.3 is 0 Å². The lowest BCUT2D eigenvalue weighted by Gasteiger charge is -2.03. The molecule has 3 nitrogen and oxygen atoms in total. The van der Waals surface area contributed by atoms with Crippen molar-refractivity contribution in [1.82, 2.24) is 10.2 Å². The Kier molecular flexibility index (Phi) is 2.38. The number of hydrogen-bond acceptors (Lipinski definition) is 2. The lowest BCUT2D eigenvalue weighted by atomic mass is 10.0. The molecule has 0 spiro atoms. The Bertz CT molecular complexity index is 655. The molecule has 0 atom stereocenters. The van der Waals surface area contributed by atoms with Crippen molar-refractivity contribution < 1.29 is 0 Å². The maximum atomic E-state index is 5.69. The molecule has 1 aromatic heterocycles. The summed E-state index contributed by atoms with van der Waals surface area (Å²) in [6.07, 6.45) is 1.78. The van der Waals surface area contributed by atoms with Crippen molar-refractivity contribution in [2.24, 2.45) is 5.73 Å². The summed E-state index contributed by atoms with van der Waals surface area (Å²) in [5, 5.41) is 9.52. The second-order valence-corrected chi connectivity index (χ2v) is 4.04. The van der Waals surface area contributed by atoms with Crippen LogP contribution in [-0.2, 0) is 6.54 Å². The summed E-state index contributed by atoms with van der Waals surface area (Å²) in [5.41, 5.74) is 8.87. The zero-order valence-corrected chi connectivity index (χ0v) is 9.35. The maximum Gasteiger partial charge on any atom is 0.0695 e. The molecule has 1 heterocycles. The van der Waals surface area contributed by atoms with Crippen LogP contribution in [0.3, 0.4) is 0 Å². The van der Waals surface area contributed by atoms with Gasteiger partial charge in [0.25, 0.3) is 0 Å². The van der Waals surface area contributed by atoms with E-state index in [-0.39, 0.29) is 0 Å². The fourth-order valence-electron chi connectivity index (χ4n) is 2.06. The van der Waals surface area contributed by atoms with Gasteiger partial charge in [0.2, 0.25) is 0 Å². The molecule has 0 aliphatic rings. The van der Waals surface area contributed by atoms with Gasteiger partial charge in [-0.3, -0.25) is 5.10 Å². The standard InChI is InChI=1S/C14H13N3/c15-8-13-9-16-17-14(13)12-6-5-10-3-1-2-4-11(10)7-12/h1-7,9H,8,15H2,(H,16,17). The van der Waals surface area contributed by atoms with Crippen LogP contribution in [0.15, 0.2) is 48.7 Å². The van der Waals surface area contributed by atoms with Gasteiger partial charge in [-0.2, -0.15) is 5.10 Å². The largest absolute Gasteiger partial charge is 0.326 e. The van der Waals surface area contributed by atoms with Crippen molar-refractivity contribution in [3.8, 4) is 11.3 Å². The first kappa shape index (κ1) is 10.1. The maximum absolute atomic E-state index is 5.69. The molecular formula is C14H13N3. The van der Waals surface area contributed by atoms with Gasteiger partial charge in [-0.05, 0) is 16.8 Å². The van der Waals surface area contributed by atoms with Gasteiger partial charge in [-0.1, -0.05) is 36.4 Å². The van der Waals surface area contributed by atoms with Crippen LogP contribution in [0.25, 0.3) is 22.0 Å². The number of benzene rings is 2. The predicted octanol–water partition coefficient (Wildman–Crippen LogP) is 2.69. The number of rotatable bonds is 2. The monoisotopic (exact) mass is 223 g/mol. The highest BCUT2D eigenvalue weighted by molar-refractivity contribution is 5.87. The van der Waals surface area contributed by atoms with E-state index >= 15 is 0 Å². The number of nitrogens with one attached hydrogen (secondary N) is 1. The molecule has 17 heavy (non-hydrogen) atoms. The van der Waals surface area contributed by atoms with E-state index in [0.717, 1.165) is 16.8 Å². The van der Waals surface area contributed by atoms with Crippen LogP contribution in [0.2, 0.25) is 0 Å². The molecule has 0 amide bonds. The highest BCUT2D eigenvalue weighted by Gasteiger charge is 2.06. The van der Waals surface area contributed by atoms with E-state index in [1.807, 2.05) is 12.1 Å². The third-order valence-electron chi connectivity index (χ3n) is 2.98. The molecule has 3 heteroatoms. The van der Waals surface area contributed by atoms with Gasteiger partial charge in [0, 0.05) is 17.7 Å². The van der Waals surface area contributed by atoms with Gasteiger partial charge in [0.15, 0.2) is 0 Å². The molecular weight excluding hydrogens is 210 g/mol. The normalized spacial score (nSPS) is 10.9. The van der Waals surface area contributed by atoms with E-state index in [1.165, 1.54) is 10.8 Å². The van der Waals surface area contributed by atoms with Crippen LogP contribution in [0.4, 0.5) is 0 Å². The number of aromatic amines is 1. The third-order valence-corrected chi connectivity index (χ3v) is 2.98. The molecule has 0 aliphatic heterocycles. The Balaban J connectivity index is 2.18. The minimum absolute atomic E-state index is 0.499. The van der Waals surface area contributed by atoms with E-state index in [4.69, 9.17) is 5.73 Å². The summed E-state index contributed by atoms with van der Waals surface area (Å²) >= 11 is 0. The minimum atomic E-state index is 0.499. The van der Waals surface area contributed by atoms with E-state index in [2.05, 4.69) is 40.5 Å². The van der Waals surface area contributed by atoms with Gasteiger partial charge in [0.05, 0.1) is 11.9 Å². The molecule has 0 saturated carbocycles. The second-order valence-electron chi connectivity index (χ2n) is 4.04. The zero-order chi connectivity index (χ0) is 11.7. The van der Waals surface area contributed by atoms with Crippen LogP contribution in [0.1, 0.15) is 5.56 Å². The first-order valence-electron chi connectivity index (χ1n) is 5.60. The molecule has 3 aromatic rings. The number of nitrogens with two attached hydrogens (primary N) is 1. The van der Waals surface area contributed by atoms with Crippen LogP contribution in [0, 0.1) is 0 Å². The summed E-state index contributed by atoms with van der Waals surface area (Å²) in [7, 11) is 0. The Labute approximate surface area is 99.3 Å². The Hall–Kier alpha value is -2.13. The lowest BCUT2D eigenvalue weighted by molar-refractivity contribution is 1.08. The van der Waals surface area contributed by atoms with Crippen molar-refractivity contribution in [1.29, 1.82) is 0 Å². The molecule has 84 valence electrons. The van der Waals surface area contributed by atoms with Gasteiger partial charge in [-0.15, -0.1) is 0 Å². The fraction of sp³-hybridized carbons (Fsp3) is 0.0714. The lowest BCUT2D eigenvalue weighted by Crippen LogP contribution is -1.96. The molecule has 3 rings (SSSR count). The van der Waals surface area contributed by atoms with E-state index in [9.17, 15) is 0 Å². The van der Waals surface area contributed by atoms with Gasteiger partial charge in [0.1, 0.15) is 0 Å². The van der Waals surface area contributed by atoms with Crippen molar-refractivity contribution >= 4 is 10.8 Å². The van der Waals surface area contributed by atoms with Crippen LogP contribution in [-0.4, -0.2) is 10.2 Å². The second kappa shape index (κ2) is 4.03. The fourth-order valence-corrected chi connectivity index (χ4v) is 2.06. The summed E-state index contributed by atoms with van der Waals surface area (Å²) < 4.78 is 0. The molecule has 2 aromatic carbocycles. The van der Waals surface area contributed by atoms with Gasteiger partial charge < -0.3 is 5.73 Å². The number of aromatic nitrogens is 2. The number of nitrogens with zero attached hydrogens (tertiary/aromatic N) is 1. The molecule has 3 N–H and O–H groups in total. The number of hydrogen-bond donors (Lipinski definition) is 2. The highest BCUT2D eigenvalue weighted by Crippen LogP contribution is 2.25. The SMILES string of the molecule is NCc1cn[nH]c1-c1ccc2ccccc2c1. The number of fused-ring (bicyclic) bond motifs is 1. The topological polar surface area (TPSA) is 54.7 Å². The summed E-state index contributed by atoms with van der Waals surface area (Å²) in [5.74, 6) is 0. The Morgan fingerprint density at radius 3 is 2.71 bits per heavy atom. The third kappa shape index (κ3) is 1.70. The summed E-state index contributed by atoms with van der Waals surface area (Å²) in [4.78, 5) is 0. The van der Waals surface area contributed by atoms with Crippen LogP contribution < -0.4 is 5.73 Å². The minimum Gasteiger partial charge on any atom is -0.326 e. The molecule has 0 fully saturated rings. The summed E-state index contributed by atoms with van der Waals surface area (Å²) in [6, 6.07) is 14.7. The van der Waals surface area contributed by atoms with Crippen molar-refractivity contribution in [2.45, 2.75) is 6.54 Å². The molecule has 0 bridgehead atoms. The average molecular weight is 223 g/mol. The number of H-pyrrole nitrogens is 1. The first-order chi connectivity index (χ1) is 8.38. The molecule has 0 unspecified atom stereocenters. The molecule has 0 aliphatic carbocycles. The Morgan fingerprint density at radius 1 is 1.06 bits per heavy atom. The summed E-state index contributed by atoms with van der Waals surface area (Å²) in [6.45, 7) is 0.499. The smallest absolute Gasteiger partial charge is 0.0695 e. The zero-order valence-electron chi connectivity index (χ0n) is 9.35. The van der Waals surface area contributed by atoms with E-state index in [0.29, 0.717) is 6.54 Å². The first-order valence-corrected chi connectivity index (χ1v) is 5.60. The average Bonchev–Trinajstić information content (AvgIpc) is 2.86.